The van der Waals surface area contributed by atoms with Crippen molar-refractivity contribution in [3.63, 3.8) is 0 Å². The molecule has 7 rings (SSSR count). The van der Waals surface area contributed by atoms with Crippen LogP contribution in [0.3, 0.4) is 0 Å². The van der Waals surface area contributed by atoms with E-state index in [1.54, 1.807) is 10.6 Å². The van der Waals surface area contributed by atoms with Crippen LogP contribution in [0.1, 0.15) is 61.8 Å². The maximum atomic E-state index is 13.3. The number of carbonyl (C=O) groups excluding carboxylic acids is 1. The van der Waals surface area contributed by atoms with E-state index in [0.717, 1.165) is 18.5 Å². The van der Waals surface area contributed by atoms with Crippen LogP contribution in [0.2, 0.25) is 0 Å². The van der Waals surface area contributed by atoms with Crippen molar-refractivity contribution in [2.45, 2.75) is 57.2 Å². The van der Waals surface area contributed by atoms with Crippen LogP contribution in [-0.2, 0) is 10.2 Å². The number of ether oxygens (including phenoxy) is 2. The highest BCUT2D eigenvalue weighted by molar-refractivity contribution is 6.07. The van der Waals surface area contributed by atoms with Gasteiger partial charge in [-0.25, -0.2) is 23.3 Å². The van der Waals surface area contributed by atoms with Crippen LogP contribution in [-0.4, -0.2) is 53.2 Å². The van der Waals surface area contributed by atoms with Gasteiger partial charge in [-0.15, -0.1) is 0 Å². The molecule has 10 nitrogen and oxygen atoms in total. The standard InChI is InChI=1S/C23H23F2N7O3/c1-12(2)35-20-13(19(33)28-15-6-26-32-5-4-14(17(24)25)27-18(15)32)7-31-8-16(29-21(31)30-20)23-9-22(3,10-23)34-11-23/h4-8,12,17H,9-11H2,1-3H3,(H,28,33). The minimum absolute atomic E-state index is 0.0905. The normalized spacial score (nSPS) is 23.4. The molecule has 2 saturated heterocycles. The Kier molecular flexibility index (Phi) is 4.62. The van der Waals surface area contributed by atoms with Crippen LogP contribution in [0.5, 0.6) is 5.88 Å². The topological polar surface area (TPSA) is 108 Å². The number of hydrogen-bond acceptors (Lipinski definition) is 7. The SMILES string of the molecule is CC(C)Oc1nc2nc(C34COC(C)(C3)C4)cn2cc1C(=O)Nc1cnn2ccc(C(F)F)nc12. The third-order valence-electron chi connectivity index (χ3n) is 6.53. The molecule has 1 amide bonds. The molecule has 3 fully saturated rings. The van der Waals surface area contributed by atoms with Crippen molar-refractivity contribution in [1.82, 2.24) is 29.0 Å². The van der Waals surface area contributed by atoms with Gasteiger partial charge < -0.3 is 14.8 Å². The highest BCUT2D eigenvalue weighted by atomic mass is 19.3. The second-order valence-corrected chi connectivity index (χ2v) is 9.77. The van der Waals surface area contributed by atoms with Gasteiger partial charge in [-0.3, -0.25) is 9.20 Å². The lowest BCUT2D eigenvalue weighted by Gasteiger charge is -2.41. The van der Waals surface area contributed by atoms with E-state index in [0.29, 0.717) is 12.4 Å². The van der Waals surface area contributed by atoms with Gasteiger partial charge in [0, 0.05) is 24.0 Å². The molecule has 0 aromatic carbocycles. The van der Waals surface area contributed by atoms with Crippen molar-refractivity contribution in [2.75, 3.05) is 11.9 Å². The van der Waals surface area contributed by atoms with Crippen molar-refractivity contribution in [3.05, 3.63) is 47.8 Å². The van der Waals surface area contributed by atoms with Crippen LogP contribution in [0, 0.1) is 0 Å². The molecule has 1 saturated carbocycles. The van der Waals surface area contributed by atoms with Gasteiger partial charge in [-0.05, 0) is 39.7 Å². The first-order valence-corrected chi connectivity index (χ1v) is 11.3. The van der Waals surface area contributed by atoms with Crippen molar-refractivity contribution < 1.29 is 23.0 Å². The summed E-state index contributed by atoms with van der Waals surface area (Å²) in [5.74, 6) is 0.00260. The quantitative estimate of drug-likeness (QED) is 0.447. The zero-order valence-electron chi connectivity index (χ0n) is 19.3. The summed E-state index contributed by atoms with van der Waals surface area (Å²) in [6, 6.07) is 1.18. The number of nitrogens with zero attached hydrogens (tertiary/aromatic N) is 6. The monoisotopic (exact) mass is 483 g/mol. The first-order valence-electron chi connectivity index (χ1n) is 11.3. The third kappa shape index (κ3) is 3.51. The van der Waals surface area contributed by atoms with E-state index < -0.39 is 18.0 Å². The van der Waals surface area contributed by atoms with Gasteiger partial charge in [0.25, 0.3) is 12.3 Å². The number of amides is 1. The predicted molar refractivity (Wildman–Crippen MR) is 120 cm³/mol. The number of rotatable bonds is 6. The van der Waals surface area contributed by atoms with Gasteiger partial charge in [0.2, 0.25) is 11.7 Å². The minimum atomic E-state index is -2.75. The second kappa shape index (κ2) is 7.41. The molecule has 12 heteroatoms. The second-order valence-electron chi connectivity index (χ2n) is 9.77. The molecule has 182 valence electrons. The molecular weight excluding hydrogens is 460 g/mol. The molecule has 35 heavy (non-hydrogen) atoms. The number of anilines is 1. The Hall–Kier alpha value is -3.67. The van der Waals surface area contributed by atoms with E-state index in [-0.39, 0.29) is 39.9 Å². The molecule has 2 bridgehead atoms. The Morgan fingerprint density at radius 2 is 2.03 bits per heavy atom. The number of hydrogen-bond donors (Lipinski definition) is 1. The predicted octanol–water partition coefficient (Wildman–Crippen LogP) is 3.57. The van der Waals surface area contributed by atoms with E-state index in [4.69, 9.17) is 14.5 Å². The van der Waals surface area contributed by atoms with E-state index in [1.807, 2.05) is 20.0 Å². The summed E-state index contributed by atoms with van der Waals surface area (Å²) >= 11 is 0. The van der Waals surface area contributed by atoms with Gasteiger partial charge in [0.05, 0.1) is 30.2 Å². The fourth-order valence-corrected chi connectivity index (χ4v) is 5.06. The van der Waals surface area contributed by atoms with Crippen molar-refractivity contribution in [3.8, 4) is 5.88 Å². The Bertz CT molecular complexity index is 1470. The zero-order chi connectivity index (χ0) is 24.5. The Balaban J connectivity index is 1.36. The van der Waals surface area contributed by atoms with Crippen LogP contribution in [0.4, 0.5) is 14.5 Å². The highest BCUT2D eigenvalue weighted by Crippen LogP contribution is 2.58. The van der Waals surface area contributed by atoms with Gasteiger partial charge in [0.1, 0.15) is 16.9 Å². The summed E-state index contributed by atoms with van der Waals surface area (Å²) in [6.45, 7) is 6.37. The average Bonchev–Trinajstić information content (AvgIpc) is 3.53. The molecule has 4 aromatic rings. The molecule has 1 aliphatic carbocycles. The molecule has 2 aliphatic heterocycles. The molecule has 3 aliphatic rings. The van der Waals surface area contributed by atoms with Gasteiger partial charge in [0.15, 0.2) is 5.65 Å². The van der Waals surface area contributed by atoms with Crippen molar-refractivity contribution >= 4 is 23.0 Å². The summed E-state index contributed by atoms with van der Waals surface area (Å²) in [7, 11) is 0. The fourth-order valence-electron chi connectivity index (χ4n) is 5.06. The van der Waals surface area contributed by atoms with Crippen LogP contribution >= 0.6 is 0 Å². The van der Waals surface area contributed by atoms with Gasteiger partial charge in [-0.1, -0.05) is 0 Å². The molecule has 1 N–H and O–H groups in total. The number of aromatic nitrogens is 6. The lowest BCUT2D eigenvalue weighted by molar-refractivity contribution is 0.0154. The maximum Gasteiger partial charge on any atom is 0.280 e. The van der Waals surface area contributed by atoms with Crippen molar-refractivity contribution in [2.24, 2.45) is 0 Å². The number of halogens is 2. The third-order valence-corrected chi connectivity index (χ3v) is 6.53. The summed E-state index contributed by atoms with van der Waals surface area (Å²) in [5.41, 5.74) is 0.707. The molecular formula is C23H23F2N7O3. The molecule has 4 aromatic heterocycles. The lowest BCUT2D eigenvalue weighted by Crippen LogP contribution is -2.45. The smallest absolute Gasteiger partial charge is 0.280 e. The molecule has 0 radical (unpaired) electrons. The van der Waals surface area contributed by atoms with Crippen LogP contribution in [0.15, 0.2) is 30.9 Å². The van der Waals surface area contributed by atoms with Crippen LogP contribution < -0.4 is 10.1 Å². The number of nitrogens with one attached hydrogen (secondary N) is 1. The minimum Gasteiger partial charge on any atom is -0.474 e. The summed E-state index contributed by atoms with van der Waals surface area (Å²) in [4.78, 5) is 26.5. The van der Waals surface area contributed by atoms with Gasteiger partial charge in [-0.2, -0.15) is 10.1 Å². The zero-order valence-corrected chi connectivity index (χ0v) is 19.3. The Morgan fingerprint density at radius 3 is 2.71 bits per heavy atom. The number of alkyl halides is 2. The number of imidazole rings is 1. The molecule has 0 atom stereocenters. The summed E-state index contributed by atoms with van der Waals surface area (Å²) in [6.07, 6.45) is 5.01. The van der Waals surface area contributed by atoms with E-state index in [1.165, 1.54) is 23.0 Å². The lowest BCUT2D eigenvalue weighted by atomic mass is 9.62. The molecule has 6 heterocycles. The highest BCUT2D eigenvalue weighted by Gasteiger charge is 2.61. The maximum absolute atomic E-state index is 13.3. The summed E-state index contributed by atoms with van der Waals surface area (Å²) in [5, 5.41) is 6.78. The number of carbonyl (C=O) groups is 1. The Morgan fingerprint density at radius 1 is 1.23 bits per heavy atom. The van der Waals surface area contributed by atoms with Crippen molar-refractivity contribution in [1.29, 1.82) is 0 Å². The van der Waals surface area contributed by atoms with E-state index in [2.05, 4.69) is 27.3 Å². The first-order chi connectivity index (χ1) is 16.6. The average molecular weight is 483 g/mol. The fraction of sp³-hybridized carbons (Fsp3) is 0.435. The van der Waals surface area contributed by atoms with E-state index in [9.17, 15) is 13.6 Å². The number of fused-ring (bicyclic) bond motifs is 3. The van der Waals surface area contributed by atoms with Gasteiger partial charge >= 0.3 is 0 Å². The molecule has 0 spiro atoms. The van der Waals surface area contributed by atoms with E-state index >= 15 is 0 Å². The first kappa shape index (κ1) is 21.8. The summed E-state index contributed by atoms with van der Waals surface area (Å²) < 4.78 is 41.0. The largest absolute Gasteiger partial charge is 0.474 e. The Labute approximate surface area is 198 Å². The van der Waals surface area contributed by atoms with Crippen LogP contribution in [0.25, 0.3) is 11.4 Å². The molecule has 0 unspecified atom stereocenters.